The number of halogens is 1. The van der Waals surface area contributed by atoms with E-state index in [4.69, 9.17) is 0 Å². The van der Waals surface area contributed by atoms with Gasteiger partial charge in [-0.3, -0.25) is 20.2 Å². The SMILES string of the molecule is O=[N+]([O-])c1cccc(S(=O)(=O)Br)c1[N+](=O)[O-]. The molecule has 0 bridgehead atoms. The summed E-state index contributed by atoms with van der Waals surface area (Å²) in [5, 5.41) is 21.1. The molecule has 16 heavy (non-hydrogen) atoms. The van der Waals surface area contributed by atoms with E-state index in [-0.39, 0.29) is 0 Å². The van der Waals surface area contributed by atoms with Crippen molar-refractivity contribution in [3.05, 3.63) is 38.4 Å². The minimum absolute atomic E-state index is 0.744. The molecule has 0 radical (unpaired) electrons. The Morgan fingerprint density at radius 1 is 1.12 bits per heavy atom. The van der Waals surface area contributed by atoms with Crippen LogP contribution in [-0.2, 0) is 8.27 Å². The van der Waals surface area contributed by atoms with Crippen molar-refractivity contribution in [1.82, 2.24) is 0 Å². The Hall–Kier alpha value is -1.55. The summed E-state index contributed by atoms with van der Waals surface area (Å²) in [5.74, 6) is 0. The van der Waals surface area contributed by atoms with Crippen molar-refractivity contribution < 1.29 is 18.3 Å². The molecule has 0 saturated carbocycles. The maximum atomic E-state index is 11.1. The Labute approximate surface area is 96.3 Å². The van der Waals surface area contributed by atoms with Gasteiger partial charge < -0.3 is 0 Å². The minimum Gasteiger partial charge on any atom is -0.258 e. The van der Waals surface area contributed by atoms with E-state index in [1.54, 1.807) is 0 Å². The number of benzene rings is 1. The maximum Gasteiger partial charge on any atom is 0.365 e. The van der Waals surface area contributed by atoms with Gasteiger partial charge in [0.15, 0.2) is 4.90 Å². The van der Waals surface area contributed by atoms with Crippen molar-refractivity contribution >= 4 is 34.5 Å². The van der Waals surface area contributed by atoms with E-state index >= 15 is 0 Å². The van der Waals surface area contributed by atoms with Gasteiger partial charge in [0.25, 0.3) is 0 Å². The fraction of sp³-hybridized carbons (Fsp3) is 0. The Morgan fingerprint density at radius 3 is 2.06 bits per heavy atom. The molecule has 0 fully saturated rings. The molecule has 0 saturated heterocycles. The monoisotopic (exact) mass is 310 g/mol. The van der Waals surface area contributed by atoms with Crippen molar-refractivity contribution in [2.45, 2.75) is 4.90 Å². The first-order valence-electron chi connectivity index (χ1n) is 3.61. The number of hydrogen-bond donors (Lipinski definition) is 0. The van der Waals surface area contributed by atoms with Crippen LogP contribution in [0.5, 0.6) is 0 Å². The second-order valence-corrected chi connectivity index (χ2v) is 6.45. The van der Waals surface area contributed by atoms with Gasteiger partial charge in [-0.15, -0.1) is 0 Å². The van der Waals surface area contributed by atoms with Crippen LogP contribution in [0.2, 0.25) is 0 Å². The van der Waals surface area contributed by atoms with Gasteiger partial charge in [-0.25, -0.2) is 8.42 Å². The summed E-state index contributed by atoms with van der Waals surface area (Å²) in [7, 11) is -4.07. The van der Waals surface area contributed by atoms with E-state index in [1.165, 1.54) is 0 Å². The standard InChI is InChI=1S/C6H3BrN2O6S/c7-16(14,15)5-3-1-2-4(8(10)11)6(5)9(12)13/h1-3H. The van der Waals surface area contributed by atoms with Crippen LogP contribution in [0.15, 0.2) is 23.1 Å². The number of nitrogens with zero attached hydrogens (tertiary/aromatic N) is 2. The zero-order valence-corrected chi connectivity index (χ0v) is 9.76. The average Bonchev–Trinajstić information content (AvgIpc) is 2.14. The largest absolute Gasteiger partial charge is 0.365 e. The molecule has 0 aliphatic heterocycles. The van der Waals surface area contributed by atoms with Crippen LogP contribution in [0, 0.1) is 20.2 Å². The lowest BCUT2D eigenvalue weighted by atomic mass is 10.3. The van der Waals surface area contributed by atoms with Crippen LogP contribution in [0.4, 0.5) is 11.4 Å². The second kappa shape index (κ2) is 4.14. The fourth-order valence-corrected chi connectivity index (χ4v) is 2.47. The number of nitro groups is 2. The summed E-state index contributed by atoms with van der Waals surface area (Å²) < 4.78 is 22.2. The van der Waals surface area contributed by atoms with Crippen molar-refractivity contribution in [3.63, 3.8) is 0 Å². The molecule has 0 atom stereocenters. The van der Waals surface area contributed by atoms with Crippen LogP contribution in [0.25, 0.3) is 0 Å². The molecule has 0 aromatic heterocycles. The molecule has 0 amide bonds. The normalized spacial score (nSPS) is 11.1. The lowest BCUT2D eigenvalue weighted by molar-refractivity contribution is -0.424. The Kier molecular flexibility index (Phi) is 3.24. The van der Waals surface area contributed by atoms with E-state index in [1.807, 2.05) is 0 Å². The molecule has 1 aromatic carbocycles. The summed E-state index contributed by atoms with van der Waals surface area (Å²) in [5.41, 5.74) is -1.92. The van der Waals surface area contributed by atoms with Crippen LogP contribution < -0.4 is 0 Å². The third-order valence-corrected chi connectivity index (χ3v) is 3.52. The van der Waals surface area contributed by atoms with Crippen molar-refractivity contribution in [1.29, 1.82) is 0 Å². The molecule has 0 aliphatic rings. The predicted octanol–water partition coefficient (Wildman–Crippen LogP) is 1.59. The van der Waals surface area contributed by atoms with Crippen molar-refractivity contribution in [2.75, 3.05) is 0 Å². The Morgan fingerprint density at radius 2 is 1.69 bits per heavy atom. The first-order valence-corrected chi connectivity index (χ1v) is 6.94. The second-order valence-electron chi connectivity index (χ2n) is 2.58. The van der Waals surface area contributed by atoms with Gasteiger partial charge in [0.2, 0.25) is 8.27 Å². The molecule has 0 N–H and O–H groups in total. The lowest BCUT2D eigenvalue weighted by Gasteiger charge is -1.99. The molecular weight excluding hydrogens is 308 g/mol. The number of para-hydroxylation sites is 1. The summed E-state index contributed by atoms with van der Waals surface area (Å²) in [4.78, 5) is 18.2. The molecule has 1 rings (SSSR count). The topological polar surface area (TPSA) is 120 Å². The van der Waals surface area contributed by atoms with E-state index in [2.05, 4.69) is 14.8 Å². The minimum atomic E-state index is -4.07. The Bertz CT molecular complexity index is 568. The summed E-state index contributed by atoms with van der Waals surface area (Å²) in [6.07, 6.45) is 0. The molecule has 0 unspecified atom stereocenters. The van der Waals surface area contributed by atoms with Gasteiger partial charge in [0, 0.05) is 6.07 Å². The summed E-state index contributed by atoms with van der Waals surface area (Å²) >= 11 is 2.23. The van der Waals surface area contributed by atoms with Crippen molar-refractivity contribution in [3.8, 4) is 0 Å². The highest BCUT2D eigenvalue weighted by Crippen LogP contribution is 2.35. The van der Waals surface area contributed by atoms with E-state index in [0.717, 1.165) is 18.2 Å². The number of nitro benzene ring substituents is 2. The number of rotatable bonds is 3. The summed E-state index contributed by atoms with van der Waals surface area (Å²) in [6.45, 7) is 0. The average molecular weight is 311 g/mol. The third-order valence-electron chi connectivity index (χ3n) is 1.62. The van der Waals surface area contributed by atoms with Crippen LogP contribution in [-0.4, -0.2) is 18.3 Å². The molecular formula is C6H3BrN2O6S. The maximum absolute atomic E-state index is 11.1. The lowest BCUT2D eigenvalue weighted by Crippen LogP contribution is -2.02. The van der Waals surface area contributed by atoms with Gasteiger partial charge in [0.1, 0.15) is 0 Å². The first-order chi connectivity index (χ1) is 7.25. The molecule has 8 nitrogen and oxygen atoms in total. The van der Waals surface area contributed by atoms with E-state index < -0.39 is 34.4 Å². The quantitative estimate of drug-likeness (QED) is 0.475. The molecule has 86 valence electrons. The number of hydrogen-bond acceptors (Lipinski definition) is 6. The zero-order valence-electron chi connectivity index (χ0n) is 7.36. The Balaban J connectivity index is 3.72. The molecule has 0 aliphatic carbocycles. The molecule has 1 aromatic rings. The van der Waals surface area contributed by atoms with Gasteiger partial charge >= 0.3 is 11.4 Å². The highest BCUT2D eigenvalue weighted by Gasteiger charge is 2.33. The summed E-state index contributed by atoms with van der Waals surface area (Å²) in [6, 6.07) is 2.83. The highest BCUT2D eigenvalue weighted by molar-refractivity contribution is 9.47. The first kappa shape index (κ1) is 12.5. The van der Waals surface area contributed by atoms with Crippen LogP contribution >= 0.6 is 14.8 Å². The molecule has 0 heterocycles. The van der Waals surface area contributed by atoms with Gasteiger partial charge in [-0.05, 0) is 6.07 Å². The highest BCUT2D eigenvalue weighted by atomic mass is 79.9. The predicted molar refractivity (Wildman–Crippen MR) is 55.9 cm³/mol. The van der Waals surface area contributed by atoms with Crippen molar-refractivity contribution in [2.24, 2.45) is 0 Å². The molecule has 0 spiro atoms. The molecule has 10 heteroatoms. The smallest absolute Gasteiger partial charge is 0.258 e. The van der Waals surface area contributed by atoms with E-state index in [0.29, 0.717) is 0 Å². The fourth-order valence-electron chi connectivity index (χ4n) is 1.04. The zero-order chi connectivity index (χ0) is 12.5. The van der Waals surface area contributed by atoms with Crippen LogP contribution in [0.3, 0.4) is 0 Å². The van der Waals surface area contributed by atoms with Gasteiger partial charge in [0.05, 0.1) is 24.7 Å². The third kappa shape index (κ3) is 2.33. The van der Waals surface area contributed by atoms with Gasteiger partial charge in [-0.2, -0.15) is 0 Å². The van der Waals surface area contributed by atoms with Gasteiger partial charge in [-0.1, -0.05) is 6.07 Å². The van der Waals surface area contributed by atoms with Crippen LogP contribution in [0.1, 0.15) is 0 Å². The van der Waals surface area contributed by atoms with E-state index in [9.17, 15) is 28.6 Å².